The Bertz CT molecular complexity index is 1200. The van der Waals surface area contributed by atoms with Crippen LogP contribution in [-0.4, -0.2) is 102 Å². The molecule has 7 rings (SSSR count). The van der Waals surface area contributed by atoms with Crippen molar-refractivity contribution >= 4 is 6.09 Å². The molecule has 0 aromatic rings. The van der Waals surface area contributed by atoms with Crippen LogP contribution >= 0.6 is 0 Å². The Morgan fingerprint density at radius 1 is 1.00 bits per heavy atom. The van der Waals surface area contributed by atoms with Crippen LogP contribution in [0.1, 0.15) is 107 Å². The highest BCUT2D eigenvalue weighted by atomic mass is 16.6. The zero-order chi connectivity index (χ0) is 33.2. The highest BCUT2D eigenvalue weighted by Gasteiger charge is 2.84. The summed E-state index contributed by atoms with van der Waals surface area (Å²) in [6.07, 6.45) is 7.20. The number of amides is 1. The average molecular weight is 645 g/mol. The third-order valence-corrected chi connectivity index (χ3v) is 16.2. The van der Waals surface area contributed by atoms with Crippen molar-refractivity contribution in [3.8, 4) is 0 Å². The van der Waals surface area contributed by atoms with Gasteiger partial charge in [-0.3, -0.25) is 0 Å². The normalized spacial score (nSPS) is 50.4. The first kappa shape index (κ1) is 33.6. The van der Waals surface area contributed by atoms with Crippen molar-refractivity contribution in [3.05, 3.63) is 0 Å². The van der Waals surface area contributed by atoms with Crippen LogP contribution < -0.4 is 0 Å². The maximum absolute atomic E-state index is 13.3. The quantitative estimate of drug-likeness (QED) is 0.395. The third-order valence-electron chi connectivity index (χ3n) is 16.2. The molecule has 0 radical (unpaired) electrons. The number of likely N-dealkylation sites (N-methyl/N-ethyl adjacent to an activating group) is 1. The summed E-state index contributed by atoms with van der Waals surface area (Å²) in [6, 6.07) is 0. The van der Waals surface area contributed by atoms with Gasteiger partial charge >= 0.3 is 6.09 Å². The van der Waals surface area contributed by atoms with Crippen molar-refractivity contribution in [1.82, 2.24) is 9.80 Å². The number of nitrogens with zero attached hydrogens (tertiary/aromatic N) is 2. The first-order valence-electron chi connectivity index (χ1n) is 18.8. The fraction of sp³-hybridized carbons (Fsp3) is 0.974. The molecular formula is C38H64N2O6. The van der Waals surface area contributed by atoms with E-state index in [2.05, 4.69) is 46.6 Å². The van der Waals surface area contributed by atoms with Crippen LogP contribution in [-0.2, 0) is 14.2 Å². The van der Waals surface area contributed by atoms with Crippen molar-refractivity contribution in [2.24, 2.45) is 50.7 Å². The molecule has 5 aliphatic carbocycles. The molecule has 13 atom stereocenters. The Morgan fingerprint density at radius 2 is 1.65 bits per heavy atom. The number of aliphatic hydroxyl groups is 2. The van der Waals surface area contributed by atoms with Gasteiger partial charge < -0.3 is 34.2 Å². The number of rotatable bonds is 5. The fourth-order valence-corrected chi connectivity index (χ4v) is 13.8. The molecule has 8 nitrogen and oxygen atoms in total. The zero-order valence-electron chi connectivity index (χ0n) is 30.3. The third kappa shape index (κ3) is 4.37. The highest BCUT2D eigenvalue weighted by Crippen LogP contribution is 2.89. The smallest absolute Gasteiger partial charge is 0.410 e. The molecule has 2 heterocycles. The summed E-state index contributed by atoms with van der Waals surface area (Å²) >= 11 is 0. The Kier molecular flexibility index (Phi) is 7.87. The Hall–Kier alpha value is -0.930. The molecule has 0 bridgehead atoms. The van der Waals surface area contributed by atoms with Crippen molar-refractivity contribution < 1.29 is 29.2 Å². The lowest BCUT2D eigenvalue weighted by atomic mass is 9.41. The highest BCUT2D eigenvalue weighted by molar-refractivity contribution is 5.68. The Balaban J connectivity index is 1.13. The summed E-state index contributed by atoms with van der Waals surface area (Å²) in [6.45, 7) is 21.5. The van der Waals surface area contributed by atoms with Gasteiger partial charge in [0.1, 0.15) is 12.2 Å². The lowest BCUT2D eigenvalue weighted by Crippen LogP contribution is -2.60. The van der Waals surface area contributed by atoms with Crippen molar-refractivity contribution in [1.29, 1.82) is 0 Å². The van der Waals surface area contributed by atoms with Gasteiger partial charge in [-0.1, -0.05) is 34.6 Å². The Morgan fingerprint density at radius 3 is 2.30 bits per heavy atom. The number of fused-ring (bicyclic) bond motifs is 4. The van der Waals surface area contributed by atoms with Gasteiger partial charge in [-0.05, 0) is 119 Å². The number of hydrogen-bond acceptors (Lipinski definition) is 7. The van der Waals surface area contributed by atoms with Gasteiger partial charge in [0.15, 0.2) is 0 Å². The molecule has 7 fully saturated rings. The van der Waals surface area contributed by atoms with Crippen molar-refractivity contribution in [2.75, 3.05) is 39.8 Å². The average Bonchev–Trinajstić information content (AvgIpc) is 3.61. The molecule has 46 heavy (non-hydrogen) atoms. The van der Waals surface area contributed by atoms with E-state index in [1.807, 2.05) is 25.7 Å². The number of piperazine rings is 1. The van der Waals surface area contributed by atoms with E-state index in [0.717, 1.165) is 64.7 Å². The topological polar surface area (TPSA) is 91.7 Å². The summed E-state index contributed by atoms with van der Waals surface area (Å²) in [5.74, 6) is 1.65. The van der Waals surface area contributed by atoms with E-state index in [4.69, 9.17) is 14.2 Å². The Labute approximate surface area is 278 Å². The number of aliphatic hydroxyl groups excluding tert-OH is 1. The maximum atomic E-state index is 13.3. The van der Waals surface area contributed by atoms with Gasteiger partial charge in [-0.2, -0.15) is 0 Å². The van der Waals surface area contributed by atoms with E-state index in [1.54, 1.807) is 0 Å². The zero-order valence-corrected chi connectivity index (χ0v) is 30.3. The number of hydrogen-bond donors (Lipinski definition) is 2. The summed E-state index contributed by atoms with van der Waals surface area (Å²) < 4.78 is 19.4. The first-order valence-corrected chi connectivity index (χ1v) is 18.8. The summed E-state index contributed by atoms with van der Waals surface area (Å²) in [5, 5.41) is 23.6. The summed E-state index contributed by atoms with van der Waals surface area (Å²) in [7, 11) is 2.11. The molecular weight excluding hydrogens is 580 g/mol. The standard InChI is InChI=1S/C38H64N2O6/c1-10-44-31(34(5,6)43)24-21-23(2)28-29(45-24)30(41)36(8)26-12-11-25-33(3,4)27(46-32(42)40-19-17-39(9)18-20-40)13-14-37(25)22-38(26,37)16-15-35(28,36)7/h23-31,41,43H,10-22H2,1-9H3/t23-,24?,25+,26?,27+,28+,29?,30+,31+,35-,36-,37-,38+/m1/s1. The molecule has 1 amide bonds. The van der Waals surface area contributed by atoms with E-state index < -0.39 is 17.8 Å². The molecule has 0 aromatic carbocycles. The second-order valence-corrected chi connectivity index (χ2v) is 18.7. The van der Waals surface area contributed by atoms with E-state index in [0.29, 0.717) is 30.3 Å². The predicted molar refractivity (Wildman–Crippen MR) is 177 cm³/mol. The second kappa shape index (κ2) is 10.8. The molecule has 2 saturated heterocycles. The first-order chi connectivity index (χ1) is 21.5. The van der Waals surface area contributed by atoms with Gasteiger partial charge in [0.2, 0.25) is 0 Å². The largest absolute Gasteiger partial charge is 0.446 e. The summed E-state index contributed by atoms with van der Waals surface area (Å²) in [4.78, 5) is 17.5. The van der Waals surface area contributed by atoms with Crippen LogP contribution in [0.25, 0.3) is 0 Å². The number of carbonyl (C=O) groups is 1. The van der Waals surface area contributed by atoms with Gasteiger partial charge in [0.25, 0.3) is 0 Å². The number of carbonyl (C=O) groups excluding carboxylic acids is 1. The predicted octanol–water partition coefficient (Wildman–Crippen LogP) is 5.73. The molecule has 7 aliphatic rings. The van der Waals surface area contributed by atoms with Gasteiger partial charge in [-0.25, -0.2) is 4.79 Å². The van der Waals surface area contributed by atoms with Crippen LogP contribution in [0.4, 0.5) is 4.79 Å². The summed E-state index contributed by atoms with van der Waals surface area (Å²) in [5.41, 5.74) is -0.798. The molecule has 2 aliphatic heterocycles. The van der Waals surface area contributed by atoms with Crippen LogP contribution in [0, 0.1) is 50.7 Å². The molecule has 5 saturated carbocycles. The van der Waals surface area contributed by atoms with E-state index >= 15 is 0 Å². The lowest BCUT2D eigenvalue weighted by Gasteiger charge is -2.63. The minimum absolute atomic E-state index is 0.00535. The van der Waals surface area contributed by atoms with Gasteiger partial charge in [0.05, 0.1) is 23.9 Å². The molecule has 2 N–H and O–H groups in total. The van der Waals surface area contributed by atoms with E-state index in [9.17, 15) is 15.0 Å². The lowest BCUT2D eigenvalue weighted by molar-refractivity contribution is -0.215. The van der Waals surface area contributed by atoms with Gasteiger partial charge in [-0.15, -0.1) is 0 Å². The van der Waals surface area contributed by atoms with Crippen LogP contribution in [0.2, 0.25) is 0 Å². The molecule has 3 unspecified atom stereocenters. The van der Waals surface area contributed by atoms with Crippen LogP contribution in [0.3, 0.4) is 0 Å². The fourth-order valence-electron chi connectivity index (χ4n) is 13.8. The molecule has 2 spiro atoms. The number of ether oxygens (including phenoxy) is 3. The molecule has 8 heteroatoms. The monoisotopic (exact) mass is 644 g/mol. The SMILES string of the molecule is CCO[C@@H](C1C[C@@H](C)[C@H]2C(O1)[C@H](O)[C@@]1(C)C3CC[C@H]4C(C)(C)[C@@H](OC(=O)N5CCN(C)CC5)CC[C@@]45C[C@@]35CC[C@]21C)C(C)(C)O. The van der Waals surface area contributed by atoms with E-state index in [1.165, 1.54) is 12.8 Å². The van der Waals surface area contributed by atoms with Crippen molar-refractivity contribution in [3.63, 3.8) is 0 Å². The maximum Gasteiger partial charge on any atom is 0.410 e. The molecule has 0 aromatic heterocycles. The molecule has 262 valence electrons. The van der Waals surface area contributed by atoms with Gasteiger partial charge in [0, 0.05) is 43.6 Å². The minimum atomic E-state index is -1.02. The van der Waals surface area contributed by atoms with Crippen LogP contribution in [0.15, 0.2) is 0 Å². The van der Waals surface area contributed by atoms with Crippen LogP contribution in [0.5, 0.6) is 0 Å². The van der Waals surface area contributed by atoms with Crippen molar-refractivity contribution in [2.45, 2.75) is 143 Å². The minimum Gasteiger partial charge on any atom is -0.446 e. The van der Waals surface area contributed by atoms with E-state index in [-0.39, 0.29) is 51.5 Å². The second-order valence-electron chi connectivity index (χ2n) is 18.7.